The van der Waals surface area contributed by atoms with Gasteiger partial charge in [-0.15, -0.1) is 13.0 Å². The zero-order chi connectivity index (χ0) is 13.1. The van der Waals surface area contributed by atoms with Crippen LogP contribution in [0.2, 0.25) is 0 Å². The topological polar surface area (TPSA) is 18.5 Å². The minimum absolute atomic E-state index is 0.713. The largest absolute Gasteiger partial charge is 0.340 e. The molecule has 0 N–H and O–H groups in total. The van der Waals surface area contributed by atoms with Crippen molar-refractivity contribution in [2.24, 2.45) is 0 Å². The van der Waals surface area contributed by atoms with Gasteiger partial charge in [0.1, 0.15) is 0 Å². The van der Waals surface area contributed by atoms with Crippen molar-refractivity contribution in [3.05, 3.63) is 12.2 Å². The summed E-state index contributed by atoms with van der Waals surface area (Å²) < 4.78 is 11.1. The second-order valence-electron chi connectivity index (χ2n) is 4.11. The molecule has 0 amide bonds. The molecule has 0 saturated carbocycles. The SMILES string of the molecule is C#CC1(CCCCC(=C)C)OCCCO1.CC. The molecule has 0 aromatic carbocycles. The van der Waals surface area contributed by atoms with Crippen LogP contribution < -0.4 is 0 Å². The van der Waals surface area contributed by atoms with E-state index in [0.29, 0.717) is 13.2 Å². The van der Waals surface area contributed by atoms with E-state index in [1.165, 1.54) is 5.57 Å². The molecule has 2 heteroatoms. The van der Waals surface area contributed by atoms with Crippen molar-refractivity contribution < 1.29 is 9.47 Å². The van der Waals surface area contributed by atoms with E-state index in [2.05, 4.69) is 12.5 Å². The summed E-state index contributed by atoms with van der Waals surface area (Å²) in [7, 11) is 0. The molecule has 0 aliphatic carbocycles. The van der Waals surface area contributed by atoms with Crippen LogP contribution in [0.25, 0.3) is 0 Å². The number of allylic oxidation sites excluding steroid dienone is 1. The molecule has 1 aliphatic heterocycles. The molecule has 98 valence electrons. The summed E-state index contributed by atoms with van der Waals surface area (Å²) in [6.45, 7) is 11.3. The number of rotatable bonds is 5. The molecular formula is C15H26O2. The molecular weight excluding hydrogens is 212 g/mol. The highest BCUT2D eigenvalue weighted by molar-refractivity contribution is 5.03. The lowest BCUT2D eigenvalue weighted by Gasteiger charge is -2.32. The van der Waals surface area contributed by atoms with E-state index in [1.807, 2.05) is 20.8 Å². The number of hydrogen-bond donors (Lipinski definition) is 0. The molecule has 2 nitrogen and oxygen atoms in total. The smallest absolute Gasteiger partial charge is 0.233 e. The Morgan fingerprint density at radius 2 is 1.88 bits per heavy atom. The number of hydrogen-bond acceptors (Lipinski definition) is 2. The van der Waals surface area contributed by atoms with Gasteiger partial charge in [0, 0.05) is 6.42 Å². The molecule has 17 heavy (non-hydrogen) atoms. The van der Waals surface area contributed by atoms with Gasteiger partial charge in [-0.05, 0) is 38.5 Å². The van der Waals surface area contributed by atoms with Gasteiger partial charge in [-0.2, -0.15) is 0 Å². The molecule has 0 atom stereocenters. The summed E-state index contributed by atoms with van der Waals surface area (Å²) >= 11 is 0. The van der Waals surface area contributed by atoms with E-state index in [-0.39, 0.29) is 0 Å². The van der Waals surface area contributed by atoms with Crippen molar-refractivity contribution in [3.8, 4) is 12.3 Å². The Balaban J connectivity index is 0.00000121. The summed E-state index contributed by atoms with van der Waals surface area (Å²) in [5.74, 6) is 1.90. The molecule has 0 radical (unpaired) electrons. The number of unbranched alkanes of at least 4 members (excludes halogenated alkanes) is 1. The van der Waals surface area contributed by atoms with Crippen molar-refractivity contribution in [1.29, 1.82) is 0 Å². The Morgan fingerprint density at radius 1 is 1.29 bits per heavy atom. The average Bonchev–Trinajstić information content (AvgIpc) is 2.38. The lowest BCUT2D eigenvalue weighted by Crippen LogP contribution is -2.39. The standard InChI is InChI=1S/C13H20O2.C2H6/c1-4-13(14-10-7-11-15-13)9-6-5-8-12(2)3;1-2/h1H,2,5-11H2,3H3;1-2H3. The van der Waals surface area contributed by atoms with E-state index in [4.69, 9.17) is 15.9 Å². The second kappa shape index (κ2) is 9.27. The maximum atomic E-state index is 5.54. The van der Waals surface area contributed by atoms with Gasteiger partial charge < -0.3 is 9.47 Å². The zero-order valence-corrected chi connectivity index (χ0v) is 11.6. The Bertz CT molecular complexity index is 244. The van der Waals surface area contributed by atoms with Crippen LogP contribution in [0, 0.1) is 12.3 Å². The molecule has 1 rings (SSSR count). The predicted molar refractivity (Wildman–Crippen MR) is 72.7 cm³/mol. The first-order valence-electron chi connectivity index (χ1n) is 6.58. The Kier molecular flexibility index (Phi) is 8.85. The average molecular weight is 238 g/mol. The van der Waals surface area contributed by atoms with Crippen molar-refractivity contribution in [3.63, 3.8) is 0 Å². The number of ether oxygens (including phenoxy) is 2. The van der Waals surface area contributed by atoms with E-state index in [1.54, 1.807) is 0 Å². The van der Waals surface area contributed by atoms with E-state index < -0.39 is 5.79 Å². The van der Waals surface area contributed by atoms with Crippen LogP contribution in [0.3, 0.4) is 0 Å². The minimum atomic E-state index is -0.743. The Labute approximate surface area is 106 Å². The van der Waals surface area contributed by atoms with Crippen LogP contribution in [0.1, 0.15) is 52.9 Å². The Morgan fingerprint density at radius 3 is 2.35 bits per heavy atom. The lowest BCUT2D eigenvalue weighted by atomic mass is 10.0. The predicted octanol–water partition coefficient (Wildman–Crippen LogP) is 3.92. The van der Waals surface area contributed by atoms with E-state index in [0.717, 1.165) is 32.1 Å². The first-order chi connectivity index (χ1) is 8.18. The third kappa shape index (κ3) is 6.51. The summed E-state index contributed by atoms with van der Waals surface area (Å²) in [6, 6.07) is 0. The number of terminal acetylenes is 1. The van der Waals surface area contributed by atoms with Gasteiger partial charge in [-0.25, -0.2) is 0 Å². The molecule has 0 aromatic rings. The maximum Gasteiger partial charge on any atom is 0.233 e. The maximum absolute atomic E-state index is 5.54. The zero-order valence-electron chi connectivity index (χ0n) is 11.6. The normalized spacial score (nSPS) is 17.5. The van der Waals surface area contributed by atoms with Gasteiger partial charge in [0.15, 0.2) is 0 Å². The third-order valence-electron chi connectivity index (χ3n) is 2.54. The summed E-state index contributed by atoms with van der Waals surface area (Å²) in [5.41, 5.74) is 1.22. The van der Waals surface area contributed by atoms with Crippen molar-refractivity contribution in [1.82, 2.24) is 0 Å². The van der Waals surface area contributed by atoms with Crippen LogP contribution in [0.4, 0.5) is 0 Å². The summed E-state index contributed by atoms with van der Waals surface area (Å²) in [5, 5.41) is 0. The fourth-order valence-corrected chi connectivity index (χ4v) is 1.66. The van der Waals surface area contributed by atoms with Gasteiger partial charge in [0.25, 0.3) is 0 Å². The second-order valence-corrected chi connectivity index (χ2v) is 4.11. The van der Waals surface area contributed by atoms with Crippen LogP contribution in [0.15, 0.2) is 12.2 Å². The monoisotopic (exact) mass is 238 g/mol. The molecule has 0 spiro atoms. The highest BCUT2D eigenvalue weighted by atomic mass is 16.7. The van der Waals surface area contributed by atoms with Crippen LogP contribution in [0.5, 0.6) is 0 Å². The van der Waals surface area contributed by atoms with Gasteiger partial charge >= 0.3 is 0 Å². The fourth-order valence-electron chi connectivity index (χ4n) is 1.66. The quantitative estimate of drug-likeness (QED) is 0.410. The highest BCUT2D eigenvalue weighted by Gasteiger charge is 2.31. The molecule has 0 unspecified atom stereocenters. The molecule has 1 fully saturated rings. The molecule has 0 aromatic heterocycles. The van der Waals surface area contributed by atoms with Gasteiger partial charge in [0.05, 0.1) is 13.2 Å². The summed E-state index contributed by atoms with van der Waals surface area (Å²) in [4.78, 5) is 0. The van der Waals surface area contributed by atoms with Crippen LogP contribution in [-0.2, 0) is 9.47 Å². The van der Waals surface area contributed by atoms with E-state index in [9.17, 15) is 0 Å². The first-order valence-corrected chi connectivity index (χ1v) is 6.58. The van der Waals surface area contributed by atoms with Gasteiger partial charge in [0.2, 0.25) is 5.79 Å². The van der Waals surface area contributed by atoms with Crippen molar-refractivity contribution in [2.45, 2.75) is 58.7 Å². The van der Waals surface area contributed by atoms with Gasteiger partial charge in [-0.3, -0.25) is 0 Å². The fraction of sp³-hybridized carbons (Fsp3) is 0.733. The third-order valence-corrected chi connectivity index (χ3v) is 2.54. The van der Waals surface area contributed by atoms with Crippen molar-refractivity contribution in [2.75, 3.05) is 13.2 Å². The van der Waals surface area contributed by atoms with Crippen LogP contribution in [-0.4, -0.2) is 19.0 Å². The Hall–Kier alpha value is -0.780. The molecule has 1 heterocycles. The van der Waals surface area contributed by atoms with E-state index >= 15 is 0 Å². The molecule has 1 saturated heterocycles. The molecule has 1 aliphatic rings. The molecule has 0 bridgehead atoms. The van der Waals surface area contributed by atoms with Gasteiger partial charge in [-0.1, -0.05) is 19.4 Å². The minimum Gasteiger partial charge on any atom is -0.340 e. The lowest BCUT2D eigenvalue weighted by molar-refractivity contribution is -0.233. The first kappa shape index (κ1) is 16.2. The summed E-state index contributed by atoms with van der Waals surface area (Å²) in [6.07, 6.45) is 10.4. The van der Waals surface area contributed by atoms with Crippen molar-refractivity contribution >= 4 is 0 Å². The highest BCUT2D eigenvalue weighted by Crippen LogP contribution is 2.25. The van der Waals surface area contributed by atoms with Crippen LogP contribution >= 0.6 is 0 Å².